The molecule has 0 unspecified atom stereocenters. The van der Waals surface area contributed by atoms with Crippen molar-refractivity contribution in [2.75, 3.05) is 14.7 Å². The first-order valence-corrected chi connectivity index (χ1v) is 35.7. The molecule has 0 bridgehead atoms. The molecule has 92 heavy (non-hydrogen) atoms. The molecule has 6 heteroatoms. The van der Waals surface area contributed by atoms with E-state index >= 15 is 0 Å². The van der Waals surface area contributed by atoms with E-state index in [1.54, 1.807) is 0 Å². The molecule has 0 saturated heterocycles. The first-order valence-electron chi connectivity index (χ1n) is 34.9. The van der Waals surface area contributed by atoms with Crippen molar-refractivity contribution < 1.29 is 4.42 Å². The molecule has 0 radical (unpaired) electrons. The SMILES string of the molecule is CC(C)(C)c1ccc(N(c2cc3c4c(c2)N(c2ccc5c(c2)C(C)(C)CCC5(C)C)c2c(sc5cc6c(cc25)C(C)(C)CCC6(C)C)B4c2cc4c(cc2N3c2ccc3c(c2)C(C)(C)CCC3(C)C)C(C)(C)CCC4(C)C)c2ccc3oc4ccccc4c3c2)cc1. The number of para-hydroxylation sites is 1. The lowest BCUT2D eigenvalue weighted by Gasteiger charge is -2.48. The highest BCUT2D eigenvalue weighted by Gasteiger charge is 2.50. The van der Waals surface area contributed by atoms with E-state index in [1.165, 1.54) is 129 Å². The summed E-state index contributed by atoms with van der Waals surface area (Å²) in [5, 5.41) is 3.62. The number of hydrogen-bond acceptors (Lipinski definition) is 5. The molecule has 4 heterocycles. The summed E-state index contributed by atoms with van der Waals surface area (Å²) in [6.07, 6.45) is 9.25. The van der Waals surface area contributed by atoms with Crippen LogP contribution in [-0.4, -0.2) is 6.71 Å². The highest BCUT2D eigenvalue weighted by atomic mass is 32.1. The second kappa shape index (κ2) is 19.3. The van der Waals surface area contributed by atoms with E-state index in [9.17, 15) is 0 Å². The van der Waals surface area contributed by atoms with Gasteiger partial charge < -0.3 is 19.1 Å². The van der Waals surface area contributed by atoms with Gasteiger partial charge in [0, 0.05) is 65.4 Å². The van der Waals surface area contributed by atoms with Gasteiger partial charge in [-0.25, -0.2) is 0 Å². The molecule has 10 aromatic rings. The maximum absolute atomic E-state index is 6.63. The summed E-state index contributed by atoms with van der Waals surface area (Å²) in [4.78, 5) is 8.15. The molecule has 470 valence electrons. The van der Waals surface area contributed by atoms with E-state index in [4.69, 9.17) is 4.42 Å². The topological polar surface area (TPSA) is 22.9 Å². The van der Waals surface area contributed by atoms with E-state index in [0.29, 0.717) is 0 Å². The van der Waals surface area contributed by atoms with E-state index in [-0.39, 0.29) is 55.4 Å². The van der Waals surface area contributed by atoms with Crippen LogP contribution in [0.4, 0.5) is 51.2 Å². The summed E-state index contributed by atoms with van der Waals surface area (Å²) in [7, 11) is 0. The number of hydrogen-bond donors (Lipinski definition) is 0. The molecule has 0 spiro atoms. The Labute approximate surface area is 553 Å². The fraction of sp³-hybridized carbons (Fsp3) is 0.419. The third kappa shape index (κ3) is 8.85. The van der Waals surface area contributed by atoms with Crippen molar-refractivity contribution in [1.29, 1.82) is 0 Å². The second-order valence-corrected chi connectivity index (χ2v) is 36.7. The average Bonchev–Trinajstić information content (AvgIpc) is 1.18. The van der Waals surface area contributed by atoms with Crippen molar-refractivity contribution in [2.24, 2.45) is 0 Å². The molecule has 4 aliphatic carbocycles. The number of anilines is 9. The number of nitrogens with zero attached hydrogens (tertiary/aromatic N) is 3. The van der Waals surface area contributed by atoms with Crippen LogP contribution in [0, 0.1) is 0 Å². The zero-order valence-electron chi connectivity index (χ0n) is 58.7. The molecular weight excluding hydrogens is 1130 g/mol. The van der Waals surface area contributed by atoms with Gasteiger partial charge >= 0.3 is 0 Å². The van der Waals surface area contributed by atoms with Crippen LogP contribution in [0.25, 0.3) is 32.0 Å². The zero-order chi connectivity index (χ0) is 64.7. The van der Waals surface area contributed by atoms with Gasteiger partial charge in [-0.15, -0.1) is 11.3 Å². The fourth-order valence-corrected chi connectivity index (χ4v) is 19.4. The highest BCUT2D eigenvalue weighted by Crippen LogP contribution is 2.58. The number of thiophene rings is 1. The normalized spacial score (nSPS) is 20.4. The molecule has 0 N–H and O–H groups in total. The lowest BCUT2D eigenvalue weighted by molar-refractivity contribution is 0.332. The Bertz CT molecular complexity index is 4780. The predicted octanol–water partition coefficient (Wildman–Crippen LogP) is 23.0. The lowest BCUT2D eigenvalue weighted by Crippen LogP contribution is -2.61. The van der Waals surface area contributed by atoms with Crippen molar-refractivity contribution >= 4 is 117 Å². The van der Waals surface area contributed by atoms with Crippen LogP contribution < -0.4 is 30.4 Å². The van der Waals surface area contributed by atoms with Gasteiger partial charge in [-0.05, 0) is 252 Å². The zero-order valence-corrected chi connectivity index (χ0v) is 59.5. The standard InChI is InChI=1S/C86H96BN3OS/c1-78(2,3)51-24-26-52(27-25-51)88(53-30-33-73-58(42-53)57-22-20-21-23-72(57)91-73)56-45-70-75-71(46-56)90(55-29-32-61-63(44-55)82(10,11)37-35-80(61,6)7)76-59-47-64-67(86(18,19)41-38-83(64,12)13)50-74(59)92-77(76)87(75)68-48-65-66(85(16,17)40-39-84(65,14)15)49-69(68)89(70)54-28-31-60-62(43-54)81(8,9)36-34-79(60,4)5/h20-33,42-50H,34-41H2,1-19H3. The van der Waals surface area contributed by atoms with Crippen LogP contribution in [0.1, 0.15) is 233 Å². The molecule has 6 aliphatic rings. The van der Waals surface area contributed by atoms with Gasteiger partial charge in [0.05, 0.1) is 11.4 Å². The van der Waals surface area contributed by atoms with E-state index in [2.05, 4.69) is 297 Å². The Morgan fingerprint density at radius 2 is 0.848 bits per heavy atom. The summed E-state index contributed by atoms with van der Waals surface area (Å²) in [6.45, 7) is 47.0. The number of furan rings is 1. The minimum absolute atomic E-state index is 0.00304. The van der Waals surface area contributed by atoms with Gasteiger partial charge in [-0.2, -0.15) is 0 Å². The molecule has 0 saturated carbocycles. The summed E-state index contributed by atoms with van der Waals surface area (Å²) in [6, 6.07) is 56.4. The summed E-state index contributed by atoms with van der Waals surface area (Å²) in [5.74, 6) is 0. The maximum atomic E-state index is 6.63. The van der Waals surface area contributed by atoms with Gasteiger partial charge in [0.15, 0.2) is 0 Å². The maximum Gasteiger partial charge on any atom is 0.264 e. The van der Waals surface area contributed by atoms with Crippen molar-refractivity contribution in [2.45, 2.75) is 232 Å². The van der Waals surface area contributed by atoms with Crippen molar-refractivity contribution in [3.63, 3.8) is 0 Å². The van der Waals surface area contributed by atoms with Crippen molar-refractivity contribution in [1.82, 2.24) is 0 Å². The molecule has 2 aromatic heterocycles. The van der Waals surface area contributed by atoms with Crippen LogP contribution >= 0.6 is 11.3 Å². The summed E-state index contributed by atoms with van der Waals surface area (Å²) >= 11 is 2.09. The molecule has 4 nitrogen and oxygen atoms in total. The smallest absolute Gasteiger partial charge is 0.264 e. The molecule has 2 aliphatic heterocycles. The first-order chi connectivity index (χ1) is 43.1. The largest absolute Gasteiger partial charge is 0.456 e. The van der Waals surface area contributed by atoms with Crippen LogP contribution in [0.2, 0.25) is 0 Å². The monoisotopic (exact) mass is 1230 g/mol. The Hall–Kier alpha value is -7.02. The molecular formula is C86H96BN3OS. The van der Waals surface area contributed by atoms with Gasteiger partial charge in [0.1, 0.15) is 11.2 Å². The number of benzene rings is 8. The second-order valence-electron chi connectivity index (χ2n) is 35.6. The van der Waals surface area contributed by atoms with E-state index < -0.39 is 0 Å². The third-order valence-electron chi connectivity index (χ3n) is 24.6. The third-order valence-corrected chi connectivity index (χ3v) is 25.9. The van der Waals surface area contributed by atoms with Crippen LogP contribution in [0.5, 0.6) is 0 Å². The molecule has 16 rings (SSSR count). The average molecular weight is 1230 g/mol. The first kappa shape index (κ1) is 60.0. The van der Waals surface area contributed by atoms with Gasteiger partial charge in [-0.3, -0.25) is 0 Å². The Morgan fingerprint density at radius 3 is 1.40 bits per heavy atom. The van der Waals surface area contributed by atoms with E-state index in [0.717, 1.165) is 71.1 Å². The Kier molecular flexibility index (Phi) is 12.6. The lowest BCUT2D eigenvalue weighted by atomic mass is 9.35. The predicted molar refractivity (Wildman–Crippen MR) is 398 cm³/mol. The molecule has 8 aromatic carbocycles. The quantitative estimate of drug-likeness (QED) is 0.160. The summed E-state index contributed by atoms with van der Waals surface area (Å²) < 4.78 is 9.47. The van der Waals surface area contributed by atoms with Crippen LogP contribution in [0.3, 0.4) is 0 Å². The Morgan fingerprint density at radius 1 is 0.391 bits per heavy atom. The number of rotatable bonds is 5. The fourth-order valence-electron chi connectivity index (χ4n) is 18.1. The van der Waals surface area contributed by atoms with Crippen molar-refractivity contribution in [3.05, 3.63) is 190 Å². The minimum Gasteiger partial charge on any atom is -0.456 e. The van der Waals surface area contributed by atoms with Gasteiger partial charge in [0.25, 0.3) is 6.71 Å². The molecule has 0 amide bonds. The van der Waals surface area contributed by atoms with Crippen LogP contribution in [0.15, 0.2) is 144 Å². The molecule has 0 fully saturated rings. The Balaban J connectivity index is 1.08. The van der Waals surface area contributed by atoms with Gasteiger partial charge in [-0.1, -0.05) is 180 Å². The molecule has 0 atom stereocenters. The minimum atomic E-state index is -0.0534. The van der Waals surface area contributed by atoms with Gasteiger partial charge in [0.2, 0.25) is 0 Å². The highest BCUT2D eigenvalue weighted by molar-refractivity contribution is 7.33. The van der Waals surface area contributed by atoms with Crippen molar-refractivity contribution in [3.8, 4) is 0 Å². The number of fused-ring (bicyclic) bond motifs is 13. The summed E-state index contributed by atoms with van der Waals surface area (Å²) in [5.41, 5.74) is 28.9. The van der Waals surface area contributed by atoms with E-state index in [1.807, 2.05) is 0 Å². The van der Waals surface area contributed by atoms with Crippen LogP contribution in [-0.2, 0) is 48.7 Å².